The van der Waals surface area contributed by atoms with E-state index in [9.17, 15) is 4.39 Å². The topological polar surface area (TPSA) is 49.3 Å². The van der Waals surface area contributed by atoms with E-state index in [0.717, 1.165) is 51.8 Å². The monoisotopic (exact) mass is 364 g/mol. The standard InChI is InChI=1S/C19H29FN4O2/c1-15(26-18-5-3-16(20)4-6-18)13-22-19(21-2)24-8-7-17(14-24)23-9-11-25-12-10-23/h3-6,15,17H,7-14H2,1-2H3,(H,21,22). The third-order valence-electron chi connectivity index (χ3n) is 4.94. The number of hydrogen-bond acceptors (Lipinski definition) is 4. The quantitative estimate of drug-likeness (QED) is 0.635. The van der Waals surface area contributed by atoms with Crippen molar-refractivity contribution in [1.29, 1.82) is 0 Å². The molecule has 0 aromatic heterocycles. The molecular formula is C19H29FN4O2. The van der Waals surface area contributed by atoms with Gasteiger partial charge in [-0.1, -0.05) is 0 Å². The summed E-state index contributed by atoms with van der Waals surface area (Å²) in [5.41, 5.74) is 0. The van der Waals surface area contributed by atoms with Crippen LogP contribution in [0.2, 0.25) is 0 Å². The average Bonchev–Trinajstić information content (AvgIpc) is 3.15. The molecule has 2 unspecified atom stereocenters. The molecule has 26 heavy (non-hydrogen) atoms. The van der Waals surface area contributed by atoms with Crippen molar-refractivity contribution >= 4 is 5.96 Å². The van der Waals surface area contributed by atoms with Gasteiger partial charge < -0.3 is 19.7 Å². The Morgan fingerprint density at radius 1 is 1.31 bits per heavy atom. The van der Waals surface area contributed by atoms with E-state index in [1.807, 2.05) is 14.0 Å². The van der Waals surface area contributed by atoms with Gasteiger partial charge in [0.15, 0.2) is 5.96 Å². The molecule has 6 nitrogen and oxygen atoms in total. The second kappa shape index (κ2) is 9.19. The SMILES string of the molecule is CN=C(NCC(C)Oc1ccc(F)cc1)N1CCC(N2CCOCC2)C1. The molecule has 7 heteroatoms. The van der Waals surface area contributed by atoms with Crippen LogP contribution in [0.4, 0.5) is 4.39 Å². The van der Waals surface area contributed by atoms with Crippen LogP contribution in [-0.2, 0) is 4.74 Å². The van der Waals surface area contributed by atoms with Crippen molar-refractivity contribution in [3.8, 4) is 5.75 Å². The minimum Gasteiger partial charge on any atom is -0.489 e. The van der Waals surface area contributed by atoms with Gasteiger partial charge in [0.2, 0.25) is 0 Å². The summed E-state index contributed by atoms with van der Waals surface area (Å²) in [6, 6.07) is 6.68. The summed E-state index contributed by atoms with van der Waals surface area (Å²) in [6.45, 7) is 8.35. The highest BCUT2D eigenvalue weighted by atomic mass is 19.1. The Labute approximate surface area is 155 Å². The normalized spacial score (nSPS) is 23.1. The van der Waals surface area contributed by atoms with Gasteiger partial charge in [0.1, 0.15) is 17.7 Å². The highest BCUT2D eigenvalue weighted by Gasteiger charge is 2.30. The maximum absolute atomic E-state index is 13.0. The van der Waals surface area contributed by atoms with Gasteiger partial charge in [-0.3, -0.25) is 9.89 Å². The van der Waals surface area contributed by atoms with Gasteiger partial charge in [-0.05, 0) is 37.6 Å². The minimum atomic E-state index is -0.257. The molecular weight excluding hydrogens is 335 g/mol. The first kappa shape index (κ1) is 18.9. The number of nitrogens with zero attached hydrogens (tertiary/aromatic N) is 3. The van der Waals surface area contributed by atoms with Crippen molar-refractivity contribution in [2.75, 3.05) is 53.0 Å². The largest absolute Gasteiger partial charge is 0.489 e. The molecule has 0 bridgehead atoms. The Kier molecular flexibility index (Phi) is 6.68. The van der Waals surface area contributed by atoms with E-state index in [1.165, 1.54) is 12.1 Å². The zero-order valence-electron chi connectivity index (χ0n) is 15.7. The number of rotatable bonds is 5. The molecule has 1 aromatic rings. The highest BCUT2D eigenvalue weighted by molar-refractivity contribution is 5.80. The van der Waals surface area contributed by atoms with Gasteiger partial charge >= 0.3 is 0 Å². The molecule has 2 atom stereocenters. The van der Waals surface area contributed by atoms with Crippen LogP contribution in [0.1, 0.15) is 13.3 Å². The number of ether oxygens (including phenoxy) is 2. The molecule has 0 saturated carbocycles. The first-order chi connectivity index (χ1) is 12.7. The van der Waals surface area contributed by atoms with E-state index in [4.69, 9.17) is 9.47 Å². The van der Waals surface area contributed by atoms with Crippen LogP contribution in [0.15, 0.2) is 29.3 Å². The molecule has 0 radical (unpaired) electrons. The Morgan fingerprint density at radius 3 is 2.73 bits per heavy atom. The Morgan fingerprint density at radius 2 is 2.04 bits per heavy atom. The van der Waals surface area contributed by atoms with Crippen molar-refractivity contribution in [3.63, 3.8) is 0 Å². The van der Waals surface area contributed by atoms with Crippen LogP contribution in [0.3, 0.4) is 0 Å². The molecule has 0 spiro atoms. The van der Waals surface area contributed by atoms with Gasteiger partial charge in [0.25, 0.3) is 0 Å². The number of halogens is 1. The van der Waals surface area contributed by atoms with Gasteiger partial charge in [0.05, 0.1) is 19.8 Å². The van der Waals surface area contributed by atoms with Crippen LogP contribution in [-0.4, -0.2) is 80.9 Å². The summed E-state index contributed by atoms with van der Waals surface area (Å²) in [5.74, 6) is 1.33. The summed E-state index contributed by atoms with van der Waals surface area (Å²) in [5, 5.41) is 3.40. The molecule has 2 heterocycles. The zero-order valence-corrected chi connectivity index (χ0v) is 15.7. The maximum atomic E-state index is 13.0. The molecule has 2 fully saturated rings. The highest BCUT2D eigenvalue weighted by Crippen LogP contribution is 2.17. The van der Waals surface area contributed by atoms with E-state index < -0.39 is 0 Å². The fourth-order valence-corrected chi connectivity index (χ4v) is 3.53. The minimum absolute atomic E-state index is 0.0464. The lowest BCUT2D eigenvalue weighted by Crippen LogP contribution is -2.47. The number of likely N-dealkylation sites (tertiary alicyclic amines) is 1. The summed E-state index contributed by atoms with van der Waals surface area (Å²) >= 11 is 0. The second-order valence-corrected chi connectivity index (χ2v) is 6.85. The Balaban J connectivity index is 1.45. The number of guanidine groups is 1. The van der Waals surface area contributed by atoms with Crippen LogP contribution in [0.5, 0.6) is 5.75 Å². The number of aliphatic imine (C=N–C) groups is 1. The van der Waals surface area contributed by atoms with E-state index in [0.29, 0.717) is 18.3 Å². The summed E-state index contributed by atoms with van der Waals surface area (Å²) in [7, 11) is 1.82. The van der Waals surface area contributed by atoms with Crippen LogP contribution < -0.4 is 10.1 Å². The van der Waals surface area contributed by atoms with Gasteiger partial charge in [-0.15, -0.1) is 0 Å². The van der Waals surface area contributed by atoms with Crippen molar-refractivity contribution < 1.29 is 13.9 Å². The molecule has 2 saturated heterocycles. The van der Waals surface area contributed by atoms with Crippen molar-refractivity contribution in [1.82, 2.24) is 15.1 Å². The third kappa shape index (κ3) is 5.08. The average molecular weight is 364 g/mol. The van der Waals surface area contributed by atoms with E-state index in [-0.39, 0.29) is 11.9 Å². The Hall–Kier alpha value is -1.86. The summed E-state index contributed by atoms with van der Waals surface area (Å²) < 4.78 is 24.2. The summed E-state index contributed by atoms with van der Waals surface area (Å²) in [4.78, 5) is 9.26. The van der Waals surface area contributed by atoms with Crippen LogP contribution in [0, 0.1) is 5.82 Å². The van der Waals surface area contributed by atoms with E-state index >= 15 is 0 Å². The first-order valence-electron chi connectivity index (χ1n) is 9.35. The van der Waals surface area contributed by atoms with E-state index in [1.54, 1.807) is 12.1 Å². The predicted octanol–water partition coefficient (Wildman–Crippen LogP) is 1.57. The summed E-state index contributed by atoms with van der Waals surface area (Å²) in [6.07, 6.45) is 1.11. The predicted molar refractivity (Wildman–Crippen MR) is 100 cm³/mol. The molecule has 0 aliphatic carbocycles. The Bertz CT molecular complexity index is 590. The van der Waals surface area contributed by atoms with Gasteiger partial charge in [-0.2, -0.15) is 0 Å². The van der Waals surface area contributed by atoms with Crippen molar-refractivity contribution in [2.45, 2.75) is 25.5 Å². The van der Waals surface area contributed by atoms with Crippen LogP contribution >= 0.6 is 0 Å². The molecule has 0 amide bonds. The van der Waals surface area contributed by atoms with Crippen molar-refractivity contribution in [3.05, 3.63) is 30.1 Å². The first-order valence-corrected chi connectivity index (χ1v) is 9.35. The number of nitrogens with one attached hydrogen (secondary N) is 1. The smallest absolute Gasteiger partial charge is 0.193 e. The van der Waals surface area contributed by atoms with Gasteiger partial charge in [-0.25, -0.2) is 4.39 Å². The number of benzene rings is 1. The number of hydrogen-bond donors (Lipinski definition) is 1. The lowest BCUT2D eigenvalue weighted by Gasteiger charge is -2.32. The second-order valence-electron chi connectivity index (χ2n) is 6.85. The molecule has 144 valence electrons. The molecule has 2 aliphatic heterocycles. The third-order valence-corrected chi connectivity index (χ3v) is 4.94. The van der Waals surface area contributed by atoms with Crippen molar-refractivity contribution in [2.24, 2.45) is 4.99 Å². The molecule has 1 aromatic carbocycles. The van der Waals surface area contributed by atoms with E-state index in [2.05, 4.69) is 20.1 Å². The molecule has 1 N–H and O–H groups in total. The zero-order chi connectivity index (χ0) is 18.4. The maximum Gasteiger partial charge on any atom is 0.193 e. The molecule has 3 rings (SSSR count). The fraction of sp³-hybridized carbons (Fsp3) is 0.632. The lowest BCUT2D eigenvalue weighted by molar-refractivity contribution is 0.0194. The lowest BCUT2D eigenvalue weighted by atomic mass is 10.2. The molecule has 2 aliphatic rings. The van der Waals surface area contributed by atoms with Crippen LogP contribution in [0.25, 0.3) is 0 Å². The number of morpholine rings is 1. The fourth-order valence-electron chi connectivity index (χ4n) is 3.53. The van der Waals surface area contributed by atoms with Gasteiger partial charge in [0, 0.05) is 39.3 Å².